The number of carbonyl (C=O) groups is 1. The Morgan fingerprint density at radius 1 is 1.03 bits per heavy atom. The van der Waals surface area contributed by atoms with Crippen molar-refractivity contribution in [2.75, 3.05) is 20.0 Å². The monoisotopic (exact) mass is 476 g/mol. The van der Waals surface area contributed by atoms with Crippen LogP contribution < -0.4 is 9.47 Å². The Balaban J connectivity index is 1.44. The van der Waals surface area contributed by atoms with Crippen LogP contribution in [0.25, 0.3) is 5.69 Å². The maximum absolute atomic E-state index is 13.1. The normalized spacial score (nSPS) is 10.9. The molecule has 0 aliphatic carbocycles. The molecule has 0 saturated carbocycles. The van der Waals surface area contributed by atoms with Crippen LogP contribution in [-0.4, -0.2) is 45.1 Å². The third-order valence-corrected chi connectivity index (χ3v) is 6.79. The van der Waals surface area contributed by atoms with Gasteiger partial charge in [0.1, 0.15) is 17.8 Å². The molecule has 0 bridgehead atoms. The minimum atomic E-state index is 0.0726. The molecule has 2 heterocycles. The van der Waals surface area contributed by atoms with E-state index >= 15 is 0 Å². The fraction of sp³-hybridized carbons (Fsp3) is 0.269. The molecular formula is C26H28N4O3S. The Morgan fingerprint density at radius 2 is 1.79 bits per heavy atom. The molecular weight excluding hydrogens is 448 g/mol. The lowest BCUT2D eigenvalue weighted by Gasteiger charge is -2.11. The van der Waals surface area contributed by atoms with Gasteiger partial charge in [-0.2, -0.15) is 0 Å². The number of aryl methyl sites for hydroxylation is 2. The Morgan fingerprint density at radius 3 is 2.53 bits per heavy atom. The molecule has 0 unspecified atom stereocenters. The number of ether oxygens (including phenoxy) is 2. The molecule has 0 amide bonds. The summed E-state index contributed by atoms with van der Waals surface area (Å²) in [6.45, 7) is 4.87. The van der Waals surface area contributed by atoms with E-state index in [0.717, 1.165) is 47.1 Å². The zero-order valence-corrected chi connectivity index (χ0v) is 20.6. The highest BCUT2D eigenvalue weighted by atomic mass is 32.2. The minimum absolute atomic E-state index is 0.0726. The van der Waals surface area contributed by atoms with Gasteiger partial charge in [-0.1, -0.05) is 36.0 Å². The summed E-state index contributed by atoms with van der Waals surface area (Å²) in [5.41, 5.74) is 4.89. The van der Waals surface area contributed by atoms with Gasteiger partial charge < -0.3 is 14.0 Å². The molecule has 0 spiro atoms. The van der Waals surface area contributed by atoms with E-state index in [4.69, 9.17) is 9.47 Å². The second-order valence-electron chi connectivity index (χ2n) is 7.90. The van der Waals surface area contributed by atoms with Crippen LogP contribution >= 0.6 is 11.8 Å². The van der Waals surface area contributed by atoms with Crippen LogP contribution in [0.1, 0.15) is 27.3 Å². The lowest BCUT2D eigenvalue weighted by atomic mass is 10.1. The summed E-state index contributed by atoms with van der Waals surface area (Å²) < 4.78 is 14.7. The molecule has 176 valence electrons. The number of nitrogens with zero attached hydrogens (tertiary/aromatic N) is 4. The Hall–Kier alpha value is -3.52. The number of benzene rings is 2. The van der Waals surface area contributed by atoms with Crippen LogP contribution in [0.3, 0.4) is 0 Å². The van der Waals surface area contributed by atoms with Crippen LogP contribution in [-0.2, 0) is 13.0 Å². The predicted molar refractivity (Wildman–Crippen MR) is 134 cm³/mol. The molecule has 0 atom stereocenters. The molecule has 7 nitrogen and oxygen atoms in total. The molecule has 2 aromatic heterocycles. The highest BCUT2D eigenvalue weighted by Gasteiger charge is 2.18. The summed E-state index contributed by atoms with van der Waals surface area (Å²) in [6, 6.07) is 17.7. The van der Waals surface area contributed by atoms with Gasteiger partial charge in [0.2, 0.25) is 0 Å². The summed E-state index contributed by atoms with van der Waals surface area (Å²) in [6.07, 6.45) is 2.51. The Labute approximate surface area is 203 Å². The minimum Gasteiger partial charge on any atom is -0.497 e. The van der Waals surface area contributed by atoms with E-state index < -0.39 is 0 Å². The lowest BCUT2D eigenvalue weighted by molar-refractivity contribution is 0.102. The fourth-order valence-corrected chi connectivity index (χ4v) is 4.79. The summed E-state index contributed by atoms with van der Waals surface area (Å²) >= 11 is 1.37. The molecule has 0 fully saturated rings. The van der Waals surface area contributed by atoms with Gasteiger partial charge >= 0.3 is 0 Å². The summed E-state index contributed by atoms with van der Waals surface area (Å²) in [4.78, 5) is 13.1. The largest absolute Gasteiger partial charge is 0.497 e. The number of para-hydroxylation sites is 2. The van der Waals surface area contributed by atoms with Gasteiger partial charge in [0.15, 0.2) is 10.9 Å². The summed E-state index contributed by atoms with van der Waals surface area (Å²) in [5.74, 6) is 1.92. The van der Waals surface area contributed by atoms with E-state index in [1.54, 1.807) is 20.5 Å². The van der Waals surface area contributed by atoms with Crippen molar-refractivity contribution in [3.63, 3.8) is 0 Å². The van der Waals surface area contributed by atoms with Crippen molar-refractivity contribution in [2.24, 2.45) is 0 Å². The van der Waals surface area contributed by atoms with Gasteiger partial charge in [-0.15, -0.1) is 10.2 Å². The Bertz CT molecular complexity index is 1280. The number of hydrogen-bond donors (Lipinski definition) is 0. The van der Waals surface area contributed by atoms with E-state index in [9.17, 15) is 4.79 Å². The van der Waals surface area contributed by atoms with E-state index in [1.807, 2.05) is 60.9 Å². The maximum atomic E-state index is 13.1. The van der Waals surface area contributed by atoms with Gasteiger partial charge in [0.05, 0.1) is 25.7 Å². The number of hydrogen-bond acceptors (Lipinski definition) is 6. The first-order valence-corrected chi connectivity index (χ1v) is 12.0. The van der Waals surface area contributed by atoms with E-state index in [-0.39, 0.29) is 11.5 Å². The molecule has 0 saturated heterocycles. The van der Waals surface area contributed by atoms with E-state index in [2.05, 4.69) is 26.9 Å². The Kier molecular flexibility index (Phi) is 7.37. The number of Topliss-reactive ketones (excluding diaryl/α,β-unsaturated/α-hetero) is 1. The molecule has 4 aromatic rings. The molecule has 0 radical (unpaired) electrons. The van der Waals surface area contributed by atoms with Crippen LogP contribution in [0.15, 0.2) is 66.1 Å². The zero-order chi connectivity index (χ0) is 24.1. The SMILES string of the molecule is COc1ccc(CCn2c(C)cc(C(=O)CSc3nncn3-c3ccccc3OC)c2C)cc1. The zero-order valence-electron chi connectivity index (χ0n) is 19.8. The van der Waals surface area contributed by atoms with Crippen molar-refractivity contribution in [3.05, 3.63) is 83.4 Å². The van der Waals surface area contributed by atoms with Crippen LogP contribution in [0.5, 0.6) is 11.5 Å². The van der Waals surface area contributed by atoms with Crippen molar-refractivity contribution in [1.82, 2.24) is 19.3 Å². The number of methoxy groups -OCH3 is 2. The third kappa shape index (κ3) is 5.02. The molecule has 0 N–H and O–H groups in total. The van der Waals surface area contributed by atoms with Gasteiger partial charge in [-0.05, 0) is 56.2 Å². The van der Waals surface area contributed by atoms with Crippen molar-refractivity contribution >= 4 is 17.5 Å². The highest BCUT2D eigenvalue weighted by molar-refractivity contribution is 7.99. The quantitative estimate of drug-likeness (QED) is 0.239. The molecule has 0 aliphatic heterocycles. The lowest BCUT2D eigenvalue weighted by Crippen LogP contribution is -2.09. The van der Waals surface area contributed by atoms with Crippen LogP contribution in [0, 0.1) is 13.8 Å². The van der Waals surface area contributed by atoms with Gasteiger partial charge in [0.25, 0.3) is 0 Å². The van der Waals surface area contributed by atoms with Crippen molar-refractivity contribution < 1.29 is 14.3 Å². The van der Waals surface area contributed by atoms with Crippen molar-refractivity contribution in [3.8, 4) is 17.2 Å². The standard InChI is InChI=1S/C26H28N4O3S/c1-18-15-22(19(2)29(18)14-13-20-9-11-21(32-3)12-10-20)24(31)16-34-26-28-27-17-30(26)23-7-5-6-8-25(23)33-4/h5-12,15,17H,13-14,16H2,1-4H3. The first-order valence-electron chi connectivity index (χ1n) is 11.0. The van der Waals surface area contributed by atoms with Gasteiger partial charge in [-0.25, -0.2) is 0 Å². The smallest absolute Gasteiger partial charge is 0.196 e. The van der Waals surface area contributed by atoms with Crippen molar-refractivity contribution in [1.29, 1.82) is 0 Å². The number of carbonyl (C=O) groups excluding carboxylic acids is 1. The average Bonchev–Trinajstić information content (AvgIpc) is 3.45. The predicted octanol–water partition coefficient (Wildman–Crippen LogP) is 4.92. The molecule has 34 heavy (non-hydrogen) atoms. The molecule has 8 heteroatoms. The summed E-state index contributed by atoms with van der Waals surface area (Å²) in [5, 5.41) is 8.89. The number of rotatable bonds is 10. The maximum Gasteiger partial charge on any atom is 0.196 e. The number of aromatic nitrogens is 4. The highest BCUT2D eigenvalue weighted by Crippen LogP contribution is 2.27. The van der Waals surface area contributed by atoms with Gasteiger partial charge in [0, 0.05) is 23.5 Å². The number of thioether (sulfide) groups is 1. The van der Waals surface area contributed by atoms with E-state index in [1.165, 1.54) is 17.3 Å². The van der Waals surface area contributed by atoms with E-state index in [0.29, 0.717) is 5.16 Å². The number of ketones is 1. The van der Waals surface area contributed by atoms with Crippen LogP contribution in [0.2, 0.25) is 0 Å². The third-order valence-electron chi connectivity index (χ3n) is 5.85. The van der Waals surface area contributed by atoms with Crippen LogP contribution in [0.4, 0.5) is 0 Å². The molecule has 4 rings (SSSR count). The summed E-state index contributed by atoms with van der Waals surface area (Å²) in [7, 11) is 3.30. The first kappa shape index (κ1) is 23.6. The average molecular weight is 477 g/mol. The fourth-order valence-electron chi connectivity index (χ4n) is 3.99. The van der Waals surface area contributed by atoms with Gasteiger partial charge in [-0.3, -0.25) is 9.36 Å². The molecule has 2 aromatic carbocycles. The first-order chi connectivity index (χ1) is 16.5. The second-order valence-corrected chi connectivity index (χ2v) is 8.84. The van der Waals surface area contributed by atoms with Crippen molar-refractivity contribution in [2.45, 2.75) is 32.0 Å². The molecule has 0 aliphatic rings. The second kappa shape index (κ2) is 10.6. The topological polar surface area (TPSA) is 71.2 Å².